The van der Waals surface area contributed by atoms with Crippen LogP contribution in [0, 0.1) is 0 Å². The van der Waals surface area contributed by atoms with E-state index in [9.17, 15) is 4.79 Å². The first kappa shape index (κ1) is 19.9. The van der Waals surface area contributed by atoms with Crippen molar-refractivity contribution in [2.75, 3.05) is 5.32 Å². The molecule has 5 nitrogen and oxygen atoms in total. The minimum atomic E-state index is -0.138. The minimum absolute atomic E-state index is 0.138. The van der Waals surface area contributed by atoms with Crippen LogP contribution in [0.3, 0.4) is 0 Å². The third kappa shape index (κ3) is 5.15. The third-order valence-electron chi connectivity index (χ3n) is 4.36. The highest BCUT2D eigenvalue weighted by molar-refractivity contribution is 9.10. The zero-order chi connectivity index (χ0) is 20.8. The molecule has 1 N–H and O–H groups in total. The fraction of sp³-hybridized carbons (Fsp3) is 0.0833. The molecule has 4 aromatic rings. The fourth-order valence-corrected chi connectivity index (χ4v) is 3.31. The second-order valence-corrected chi connectivity index (χ2v) is 7.50. The summed E-state index contributed by atoms with van der Waals surface area (Å²) in [6.07, 6.45) is 2.33. The van der Waals surface area contributed by atoms with Crippen molar-refractivity contribution >= 4 is 27.5 Å². The number of nitrogens with one attached hydrogen (secondary N) is 1. The van der Waals surface area contributed by atoms with Crippen molar-refractivity contribution in [3.63, 3.8) is 0 Å². The van der Waals surface area contributed by atoms with E-state index in [1.807, 2.05) is 78.9 Å². The summed E-state index contributed by atoms with van der Waals surface area (Å²) in [5.74, 6) is 2.35. The van der Waals surface area contributed by atoms with E-state index >= 15 is 0 Å². The molecule has 1 amide bonds. The van der Waals surface area contributed by atoms with Crippen LogP contribution in [-0.2, 0) is 11.2 Å². The van der Waals surface area contributed by atoms with Gasteiger partial charge in [0.1, 0.15) is 5.75 Å². The van der Waals surface area contributed by atoms with E-state index in [-0.39, 0.29) is 12.3 Å². The van der Waals surface area contributed by atoms with Crippen LogP contribution in [0.25, 0.3) is 11.3 Å². The van der Waals surface area contributed by atoms with Gasteiger partial charge in [0.25, 0.3) is 0 Å². The van der Waals surface area contributed by atoms with Crippen molar-refractivity contribution in [2.45, 2.75) is 12.8 Å². The first-order valence-corrected chi connectivity index (χ1v) is 10.3. The molecule has 0 unspecified atom stereocenters. The molecule has 0 aliphatic rings. The van der Waals surface area contributed by atoms with Gasteiger partial charge >= 0.3 is 0 Å². The van der Waals surface area contributed by atoms with Gasteiger partial charge in [-0.2, -0.15) is 0 Å². The molecule has 6 heteroatoms. The summed E-state index contributed by atoms with van der Waals surface area (Å²) in [4.78, 5) is 16.8. The number of rotatable bonds is 7. The van der Waals surface area contributed by atoms with E-state index in [4.69, 9.17) is 9.15 Å². The monoisotopic (exact) mass is 462 g/mol. The number of carbonyl (C=O) groups is 1. The van der Waals surface area contributed by atoms with Crippen LogP contribution in [0.1, 0.15) is 12.3 Å². The lowest BCUT2D eigenvalue weighted by molar-refractivity contribution is -0.116. The molecule has 0 saturated heterocycles. The first-order valence-electron chi connectivity index (χ1n) is 9.50. The van der Waals surface area contributed by atoms with Gasteiger partial charge in [-0.05, 0) is 36.4 Å². The van der Waals surface area contributed by atoms with Crippen LogP contribution >= 0.6 is 15.9 Å². The van der Waals surface area contributed by atoms with Crippen LogP contribution in [0.4, 0.5) is 5.69 Å². The second-order valence-electron chi connectivity index (χ2n) is 6.59. The molecule has 30 heavy (non-hydrogen) atoms. The Bertz CT molecular complexity index is 1140. The maximum absolute atomic E-state index is 12.5. The number of hydrogen-bond donors (Lipinski definition) is 1. The first-order chi connectivity index (χ1) is 14.7. The number of anilines is 1. The second kappa shape index (κ2) is 9.41. The third-order valence-corrected chi connectivity index (χ3v) is 4.85. The minimum Gasteiger partial charge on any atom is -0.455 e. The van der Waals surface area contributed by atoms with Gasteiger partial charge in [0.15, 0.2) is 17.4 Å². The van der Waals surface area contributed by atoms with Gasteiger partial charge in [0.2, 0.25) is 5.91 Å². The Morgan fingerprint density at radius 2 is 1.80 bits per heavy atom. The maximum Gasteiger partial charge on any atom is 0.224 e. The molecule has 0 aliphatic carbocycles. The van der Waals surface area contributed by atoms with Crippen molar-refractivity contribution < 1.29 is 13.9 Å². The zero-order valence-corrected chi connectivity index (χ0v) is 17.6. The lowest BCUT2D eigenvalue weighted by Crippen LogP contribution is -2.13. The molecule has 150 valence electrons. The van der Waals surface area contributed by atoms with Gasteiger partial charge in [-0.3, -0.25) is 4.79 Å². The van der Waals surface area contributed by atoms with Crippen molar-refractivity contribution in [3.05, 3.63) is 95.4 Å². The van der Waals surface area contributed by atoms with Crippen LogP contribution < -0.4 is 10.1 Å². The van der Waals surface area contributed by atoms with Crippen molar-refractivity contribution in [1.82, 2.24) is 4.98 Å². The van der Waals surface area contributed by atoms with E-state index < -0.39 is 0 Å². The molecule has 0 saturated carbocycles. The Balaban J connectivity index is 1.37. The number of benzene rings is 3. The van der Waals surface area contributed by atoms with Gasteiger partial charge in [-0.25, -0.2) is 4.98 Å². The average Bonchev–Trinajstić information content (AvgIpc) is 3.24. The summed E-state index contributed by atoms with van der Waals surface area (Å²) in [5, 5.41) is 2.91. The molecule has 0 bridgehead atoms. The number of amides is 1. The van der Waals surface area contributed by atoms with Gasteiger partial charge in [0, 0.05) is 22.9 Å². The predicted octanol–water partition coefficient (Wildman–Crippen LogP) is 6.47. The van der Waals surface area contributed by atoms with Gasteiger partial charge < -0.3 is 14.5 Å². The highest BCUT2D eigenvalue weighted by Crippen LogP contribution is 2.29. The largest absolute Gasteiger partial charge is 0.455 e. The molecule has 0 fully saturated rings. The average molecular weight is 463 g/mol. The Kier molecular flexibility index (Phi) is 6.25. The Morgan fingerprint density at radius 1 is 1.00 bits per heavy atom. The molecular weight excluding hydrogens is 444 g/mol. The Morgan fingerprint density at radius 3 is 2.63 bits per heavy atom. The molecule has 0 aliphatic heterocycles. The lowest BCUT2D eigenvalue weighted by Gasteiger charge is -2.12. The van der Waals surface area contributed by atoms with Crippen LogP contribution in [-0.4, -0.2) is 10.9 Å². The molecule has 4 rings (SSSR count). The van der Waals surface area contributed by atoms with Crippen molar-refractivity contribution in [2.24, 2.45) is 0 Å². The van der Waals surface area contributed by atoms with Crippen LogP contribution in [0.5, 0.6) is 11.5 Å². The topological polar surface area (TPSA) is 64.4 Å². The summed E-state index contributed by atoms with van der Waals surface area (Å²) in [5.41, 5.74) is 1.55. The number of hydrogen-bond acceptors (Lipinski definition) is 4. The molecular formula is C24H19BrN2O3. The van der Waals surface area contributed by atoms with E-state index in [1.54, 1.807) is 6.20 Å². The molecule has 0 radical (unpaired) electrons. The summed E-state index contributed by atoms with van der Waals surface area (Å²) >= 11 is 3.45. The number of para-hydroxylation sites is 3. The molecule has 0 atom stereocenters. The number of oxazole rings is 1. The Hall–Kier alpha value is -3.38. The zero-order valence-electron chi connectivity index (χ0n) is 16.0. The number of halogens is 1. The quantitative estimate of drug-likeness (QED) is 0.341. The summed E-state index contributed by atoms with van der Waals surface area (Å²) in [7, 11) is 0. The van der Waals surface area contributed by atoms with E-state index in [2.05, 4.69) is 26.2 Å². The summed E-state index contributed by atoms with van der Waals surface area (Å²) in [6.45, 7) is 0. The predicted molar refractivity (Wildman–Crippen MR) is 120 cm³/mol. The van der Waals surface area contributed by atoms with Gasteiger partial charge in [-0.1, -0.05) is 58.4 Å². The van der Waals surface area contributed by atoms with Gasteiger partial charge in [-0.15, -0.1) is 0 Å². The molecule has 1 heterocycles. The van der Waals surface area contributed by atoms with E-state index in [1.165, 1.54) is 0 Å². The highest BCUT2D eigenvalue weighted by atomic mass is 79.9. The van der Waals surface area contributed by atoms with Gasteiger partial charge in [0.05, 0.1) is 11.9 Å². The number of ether oxygens (including phenoxy) is 1. The Labute approximate surface area is 182 Å². The fourth-order valence-electron chi connectivity index (χ4n) is 2.91. The standard InChI is InChI=1S/C24H19BrN2O3/c25-18-8-6-7-17(15-18)22-16-26-24(30-22)14-13-23(28)27-20-11-4-5-12-21(20)29-19-9-2-1-3-10-19/h1-12,15-16H,13-14H2,(H,27,28). The molecule has 3 aromatic carbocycles. The molecule has 1 aromatic heterocycles. The maximum atomic E-state index is 12.5. The lowest BCUT2D eigenvalue weighted by atomic mass is 10.2. The smallest absolute Gasteiger partial charge is 0.224 e. The number of aromatic nitrogens is 1. The number of carbonyl (C=O) groups excluding carboxylic acids is 1. The van der Waals surface area contributed by atoms with E-state index in [0.29, 0.717) is 35.3 Å². The molecule has 0 spiro atoms. The SMILES string of the molecule is O=C(CCc1ncc(-c2cccc(Br)c2)o1)Nc1ccccc1Oc1ccccc1. The normalized spacial score (nSPS) is 10.6. The number of aryl methyl sites for hydroxylation is 1. The van der Waals surface area contributed by atoms with E-state index in [0.717, 1.165) is 10.0 Å². The van der Waals surface area contributed by atoms with Crippen molar-refractivity contribution in [1.29, 1.82) is 0 Å². The van der Waals surface area contributed by atoms with Crippen LogP contribution in [0.15, 0.2) is 93.9 Å². The highest BCUT2D eigenvalue weighted by Gasteiger charge is 2.12. The van der Waals surface area contributed by atoms with Crippen molar-refractivity contribution in [3.8, 4) is 22.8 Å². The summed E-state index contributed by atoms with van der Waals surface area (Å²) < 4.78 is 12.6. The van der Waals surface area contributed by atoms with Crippen LogP contribution in [0.2, 0.25) is 0 Å². The number of nitrogens with zero attached hydrogens (tertiary/aromatic N) is 1. The summed E-state index contributed by atoms with van der Waals surface area (Å²) in [6, 6.07) is 24.6.